The van der Waals surface area contributed by atoms with Gasteiger partial charge in [-0.15, -0.1) is 0 Å². The number of hydrogen-bond donors (Lipinski definition) is 2. The smallest absolute Gasteiger partial charge is 0.233 e. The Morgan fingerprint density at radius 3 is 2.68 bits per heavy atom. The van der Waals surface area contributed by atoms with Gasteiger partial charge in [0, 0.05) is 11.8 Å². The van der Waals surface area contributed by atoms with Crippen molar-refractivity contribution >= 4 is 29.2 Å². The topological polar surface area (TPSA) is 95.2 Å². The van der Waals surface area contributed by atoms with Gasteiger partial charge in [0.15, 0.2) is 11.5 Å². The van der Waals surface area contributed by atoms with E-state index in [0.29, 0.717) is 24.7 Å². The largest absolute Gasteiger partial charge is 0.486 e. The summed E-state index contributed by atoms with van der Waals surface area (Å²) in [5.41, 5.74) is 6.23. The van der Waals surface area contributed by atoms with Crippen LogP contribution < -0.4 is 20.5 Å². The summed E-state index contributed by atoms with van der Waals surface area (Å²) in [5, 5.41) is 3.01. The van der Waals surface area contributed by atoms with Crippen LogP contribution >= 0.6 is 11.6 Å². The molecule has 3 rings (SSSR count). The minimum Gasteiger partial charge on any atom is -0.486 e. The van der Waals surface area contributed by atoms with Crippen molar-refractivity contribution in [3.8, 4) is 11.5 Å². The van der Waals surface area contributed by atoms with Crippen molar-refractivity contribution in [2.24, 2.45) is 0 Å². The molecule has 19 heavy (non-hydrogen) atoms. The predicted octanol–water partition coefficient (Wildman–Crippen LogP) is 1.62. The fourth-order valence-electron chi connectivity index (χ4n) is 1.67. The van der Waals surface area contributed by atoms with E-state index in [1.54, 1.807) is 6.07 Å². The lowest BCUT2D eigenvalue weighted by Crippen LogP contribution is -2.15. The number of ether oxygens (including phenoxy) is 2. The van der Waals surface area contributed by atoms with E-state index in [0.717, 1.165) is 5.69 Å². The highest BCUT2D eigenvalue weighted by atomic mass is 35.5. The number of anilines is 3. The second-order valence-corrected chi connectivity index (χ2v) is 4.11. The van der Waals surface area contributed by atoms with E-state index in [4.69, 9.17) is 26.8 Å². The van der Waals surface area contributed by atoms with Crippen molar-refractivity contribution in [2.45, 2.75) is 0 Å². The molecule has 1 aromatic carbocycles. The average Bonchev–Trinajstić information content (AvgIpc) is 2.37. The Kier molecular flexibility index (Phi) is 2.96. The van der Waals surface area contributed by atoms with E-state index >= 15 is 0 Å². The minimum absolute atomic E-state index is 0.0348. The summed E-state index contributed by atoms with van der Waals surface area (Å²) in [5.74, 6) is 1.71. The van der Waals surface area contributed by atoms with Crippen molar-refractivity contribution in [2.75, 3.05) is 24.3 Å². The molecule has 98 valence electrons. The van der Waals surface area contributed by atoms with E-state index in [-0.39, 0.29) is 17.2 Å². The van der Waals surface area contributed by atoms with Gasteiger partial charge in [-0.25, -0.2) is 0 Å². The van der Waals surface area contributed by atoms with Gasteiger partial charge >= 0.3 is 0 Å². The van der Waals surface area contributed by atoms with Crippen LogP contribution in [0.4, 0.5) is 17.6 Å². The quantitative estimate of drug-likeness (QED) is 0.862. The third kappa shape index (κ3) is 2.60. The first-order valence-corrected chi connectivity index (χ1v) is 5.92. The molecule has 0 amide bonds. The SMILES string of the molecule is Nc1nc(Cl)nc(Nc2ccc3c(c2)OCCO3)n1. The zero-order valence-electron chi connectivity index (χ0n) is 9.76. The third-order valence-electron chi connectivity index (χ3n) is 2.42. The van der Waals surface area contributed by atoms with Gasteiger partial charge in [0.25, 0.3) is 0 Å². The first-order valence-electron chi connectivity index (χ1n) is 5.54. The molecule has 7 nitrogen and oxygen atoms in total. The summed E-state index contributed by atoms with van der Waals surface area (Å²) >= 11 is 5.70. The molecule has 0 radical (unpaired) electrons. The van der Waals surface area contributed by atoms with Gasteiger partial charge in [-0.2, -0.15) is 15.0 Å². The van der Waals surface area contributed by atoms with E-state index in [9.17, 15) is 0 Å². The van der Waals surface area contributed by atoms with Crippen molar-refractivity contribution in [1.82, 2.24) is 15.0 Å². The Balaban J connectivity index is 1.86. The zero-order chi connectivity index (χ0) is 13.2. The number of rotatable bonds is 2. The van der Waals surface area contributed by atoms with E-state index < -0.39 is 0 Å². The highest BCUT2D eigenvalue weighted by Gasteiger charge is 2.12. The lowest BCUT2D eigenvalue weighted by atomic mass is 10.2. The van der Waals surface area contributed by atoms with Gasteiger partial charge in [-0.3, -0.25) is 0 Å². The second kappa shape index (κ2) is 4.77. The molecule has 3 N–H and O–H groups in total. The number of fused-ring (bicyclic) bond motifs is 1. The van der Waals surface area contributed by atoms with Gasteiger partial charge in [-0.05, 0) is 23.7 Å². The van der Waals surface area contributed by atoms with Crippen LogP contribution in [0, 0.1) is 0 Å². The Morgan fingerprint density at radius 1 is 1.11 bits per heavy atom. The molecule has 0 aliphatic carbocycles. The molecular weight excluding hydrogens is 270 g/mol. The molecule has 1 aliphatic heterocycles. The van der Waals surface area contributed by atoms with Crippen LogP contribution in [0.1, 0.15) is 0 Å². The maximum absolute atomic E-state index is 5.70. The van der Waals surface area contributed by atoms with Crippen molar-refractivity contribution < 1.29 is 9.47 Å². The molecule has 0 fully saturated rings. The van der Waals surface area contributed by atoms with Gasteiger partial charge < -0.3 is 20.5 Å². The van der Waals surface area contributed by atoms with E-state index in [1.807, 2.05) is 12.1 Å². The summed E-state index contributed by atoms with van der Waals surface area (Å²) in [7, 11) is 0. The monoisotopic (exact) mass is 279 g/mol. The summed E-state index contributed by atoms with van der Waals surface area (Å²) in [6.07, 6.45) is 0. The van der Waals surface area contributed by atoms with Crippen LogP contribution in [-0.2, 0) is 0 Å². The molecule has 0 atom stereocenters. The first-order chi connectivity index (χ1) is 9.20. The maximum atomic E-state index is 5.70. The summed E-state index contributed by atoms with van der Waals surface area (Å²) in [4.78, 5) is 11.5. The van der Waals surface area contributed by atoms with Crippen LogP contribution in [-0.4, -0.2) is 28.2 Å². The van der Waals surface area contributed by atoms with Crippen LogP contribution in [0.3, 0.4) is 0 Å². The fraction of sp³-hybridized carbons (Fsp3) is 0.182. The number of benzene rings is 1. The van der Waals surface area contributed by atoms with Gasteiger partial charge in [0.2, 0.25) is 17.2 Å². The summed E-state index contributed by atoms with van der Waals surface area (Å²) < 4.78 is 10.9. The van der Waals surface area contributed by atoms with Gasteiger partial charge in [0.05, 0.1) is 0 Å². The molecule has 2 aromatic rings. The van der Waals surface area contributed by atoms with Crippen LogP contribution in [0.25, 0.3) is 0 Å². The Morgan fingerprint density at radius 2 is 1.89 bits per heavy atom. The van der Waals surface area contributed by atoms with Crippen molar-refractivity contribution in [3.05, 3.63) is 23.5 Å². The lowest BCUT2D eigenvalue weighted by Gasteiger charge is -2.18. The van der Waals surface area contributed by atoms with Crippen molar-refractivity contribution in [3.63, 3.8) is 0 Å². The number of hydrogen-bond acceptors (Lipinski definition) is 7. The summed E-state index contributed by atoms with van der Waals surface area (Å²) in [6, 6.07) is 5.42. The minimum atomic E-state index is 0.0348. The molecular formula is C11H10ClN5O2. The lowest BCUT2D eigenvalue weighted by molar-refractivity contribution is 0.171. The van der Waals surface area contributed by atoms with E-state index in [1.165, 1.54) is 0 Å². The molecule has 2 heterocycles. The first kappa shape index (κ1) is 11.8. The normalized spacial score (nSPS) is 13.1. The second-order valence-electron chi connectivity index (χ2n) is 3.77. The van der Waals surface area contributed by atoms with Crippen molar-refractivity contribution in [1.29, 1.82) is 0 Å². The number of aromatic nitrogens is 3. The Bertz CT molecular complexity index is 602. The molecule has 0 saturated heterocycles. The fourth-order valence-corrected chi connectivity index (χ4v) is 1.84. The van der Waals surface area contributed by atoms with Gasteiger partial charge in [0.1, 0.15) is 13.2 Å². The van der Waals surface area contributed by atoms with E-state index in [2.05, 4.69) is 20.3 Å². The molecule has 8 heteroatoms. The Labute approximate surface area is 113 Å². The van der Waals surface area contributed by atoms with Crippen LogP contribution in [0.15, 0.2) is 18.2 Å². The van der Waals surface area contributed by atoms with Crippen LogP contribution in [0.2, 0.25) is 5.28 Å². The third-order valence-corrected chi connectivity index (χ3v) is 2.59. The number of nitrogens with two attached hydrogens (primary N) is 1. The zero-order valence-corrected chi connectivity index (χ0v) is 10.5. The van der Waals surface area contributed by atoms with Crippen LogP contribution in [0.5, 0.6) is 11.5 Å². The highest BCUT2D eigenvalue weighted by molar-refractivity contribution is 6.28. The molecule has 0 saturated carbocycles. The molecule has 0 bridgehead atoms. The average molecular weight is 280 g/mol. The number of nitrogens with zero attached hydrogens (tertiary/aromatic N) is 3. The van der Waals surface area contributed by atoms with Gasteiger partial charge in [-0.1, -0.05) is 0 Å². The number of nitrogen functional groups attached to an aromatic ring is 1. The Hall–Kier alpha value is -2.28. The molecule has 0 spiro atoms. The molecule has 1 aromatic heterocycles. The number of halogens is 1. The predicted molar refractivity (Wildman–Crippen MR) is 70.0 cm³/mol. The highest BCUT2D eigenvalue weighted by Crippen LogP contribution is 2.33. The molecule has 1 aliphatic rings. The number of nitrogens with one attached hydrogen (secondary N) is 1. The maximum Gasteiger partial charge on any atom is 0.233 e. The summed E-state index contributed by atoms with van der Waals surface area (Å²) in [6.45, 7) is 1.08. The standard InChI is InChI=1S/C11H10ClN5O2/c12-9-15-10(13)17-11(16-9)14-6-1-2-7-8(5-6)19-4-3-18-7/h1-2,5H,3-4H2,(H3,13,14,15,16,17). The molecule has 0 unspecified atom stereocenters.